The Kier molecular flexibility index (Phi) is 4.43. The number of carbonyl (C=O) groups excluding carboxylic acids is 1. The van der Waals surface area contributed by atoms with Crippen molar-refractivity contribution < 1.29 is 4.79 Å². The van der Waals surface area contributed by atoms with Gasteiger partial charge in [-0.3, -0.25) is 0 Å². The Hall–Kier alpha value is -1.89. The maximum absolute atomic E-state index is 11.2. The summed E-state index contributed by atoms with van der Waals surface area (Å²) in [6.45, 7) is 13.7. The molecule has 0 aliphatic heterocycles. The van der Waals surface area contributed by atoms with Gasteiger partial charge in [0.1, 0.15) is 6.29 Å². The second kappa shape index (κ2) is 5.63. The molecule has 1 heteroatoms. The summed E-state index contributed by atoms with van der Waals surface area (Å²) >= 11 is 0. The van der Waals surface area contributed by atoms with Gasteiger partial charge in [-0.15, -0.1) is 0 Å². The van der Waals surface area contributed by atoms with E-state index in [1.807, 2.05) is 51.1 Å². The lowest BCUT2D eigenvalue weighted by Gasteiger charge is -2.24. The highest BCUT2D eigenvalue weighted by molar-refractivity contribution is 5.85. The minimum atomic E-state index is -0.562. The Morgan fingerprint density at radius 1 is 1.28 bits per heavy atom. The van der Waals surface area contributed by atoms with Crippen molar-refractivity contribution in [1.29, 1.82) is 0 Å². The third kappa shape index (κ3) is 2.86. The highest BCUT2D eigenvalue weighted by Gasteiger charge is 2.25. The van der Waals surface area contributed by atoms with Crippen LogP contribution in [0.15, 0.2) is 55.1 Å². The second-order valence-corrected chi connectivity index (χ2v) is 4.95. The summed E-state index contributed by atoms with van der Waals surface area (Å²) in [4.78, 5) is 11.2. The monoisotopic (exact) mass is 240 g/mol. The van der Waals surface area contributed by atoms with Gasteiger partial charge in [-0.05, 0) is 43.0 Å². The molecule has 0 heterocycles. The molecule has 0 aliphatic carbocycles. The van der Waals surface area contributed by atoms with Crippen molar-refractivity contribution in [2.24, 2.45) is 5.41 Å². The van der Waals surface area contributed by atoms with Crippen LogP contribution in [-0.4, -0.2) is 6.29 Å². The van der Waals surface area contributed by atoms with Crippen LogP contribution in [0.4, 0.5) is 0 Å². The molecule has 0 aromatic heterocycles. The molecule has 0 bridgehead atoms. The van der Waals surface area contributed by atoms with E-state index in [4.69, 9.17) is 0 Å². The molecule has 0 atom stereocenters. The smallest absolute Gasteiger partial charge is 0.129 e. The fraction of sp³-hybridized carbons (Fsp3) is 0.235. The van der Waals surface area contributed by atoms with Crippen LogP contribution < -0.4 is 0 Å². The van der Waals surface area contributed by atoms with Crippen LogP contribution in [0.3, 0.4) is 0 Å². The van der Waals surface area contributed by atoms with Gasteiger partial charge in [-0.1, -0.05) is 49.6 Å². The van der Waals surface area contributed by atoms with Crippen molar-refractivity contribution in [2.75, 3.05) is 0 Å². The van der Waals surface area contributed by atoms with E-state index in [0.717, 1.165) is 28.6 Å². The first-order chi connectivity index (χ1) is 8.44. The number of benzene rings is 1. The van der Waals surface area contributed by atoms with Gasteiger partial charge < -0.3 is 4.79 Å². The fourth-order valence-corrected chi connectivity index (χ4v) is 1.94. The molecule has 0 radical (unpaired) electrons. The number of aldehydes is 1. The normalized spacial score (nSPS) is 12.1. The van der Waals surface area contributed by atoms with E-state index in [0.29, 0.717) is 0 Å². The summed E-state index contributed by atoms with van der Waals surface area (Å²) in [5, 5.41) is 0. The number of carbonyl (C=O) groups is 1. The van der Waals surface area contributed by atoms with Crippen molar-refractivity contribution in [3.63, 3.8) is 0 Å². The average molecular weight is 240 g/mol. The molecule has 0 spiro atoms. The first-order valence-electron chi connectivity index (χ1n) is 5.99. The Bertz CT molecular complexity index is 504. The first-order valence-corrected chi connectivity index (χ1v) is 5.99. The molecule has 0 aliphatic rings. The molecular formula is C17H20O. The van der Waals surface area contributed by atoms with E-state index < -0.39 is 5.41 Å². The molecule has 1 aromatic rings. The summed E-state index contributed by atoms with van der Waals surface area (Å²) in [5.74, 6) is 0. The maximum atomic E-state index is 11.2. The molecular weight excluding hydrogens is 220 g/mol. The predicted octanol–water partition coefficient (Wildman–Crippen LogP) is 4.35. The SMILES string of the molecule is C=C/C=C(\C(=C)c1ccccc1C)C(C)(C)C=O. The largest absolute Gasteiger partial charge is 0.302 e. The maximum Gasteiger partial charge on any atom is 0.129 e. The van der Waals surface area contributed by atoms with Crippen LogP contribution in [0.2, 0.25) is 0 Å². The zero-order valence-corrected chi connectivity index (χ0v) is 11.4. The Balaban J connectivity index is 3.30. The number of allylic oxidation sites excluding steroid dienone is 4. The molecule has 0 fully saturated rings. The van der Waals surface area contributed by atoms with Gasteiger partial charge in [0, 0.05) is 5.41 Å². The molecule has 0 N–H and O–H groups in total. The van der Waals surface area contributed by atoms with Crippen LogP contribution >= 0.6 is 0 Å². The van der Waals surface area contributed by atoms with E-state index in [2.05, 4.69) is 13.2 Å². The molecule has 1 nitrogen and oxygen atoms in total. The van der Waals surface area contributed by atoms with E-state index in [1.54, 1.807) is 6.08 Å². The molecule has 0 saturated carbocycles. The van der Waals surface area contributed by atoms with Crippen LogP contribution in [0.1, 0.15) is 25.0 Å². The first kappa shape index (κ1) is 14.2. The molecule has 0 amide bonds. The molecule has 1 aromatic carbocycles. The molecule has 94 valence electrons. The zero-order chi connectivity index (χ0) is 13.8. The van der Waals surface area contributed by atoms with Crippen molar-refractivity contribution in [2.45, 2.75) is 20.8 Å². The van der Waals surface area contributed by atoms with Gasteiger partial charge in [0.25, 0.3) is 0 Å². The number of hydrogen-bond acceptors (Lipinski definition) is 1. The van der Waals surface area contributed by atoms with Crippen molar-refractivity contribution in [3.05, 3.63) is 66.3 Å². The number of hydrogen-bond donors (Lipinski definition) is 0. The molecule has 0 unspecified atom stereocenters. The van der Waals surface area contributed by atoms with E-state index in [1.165, 1.54) is 0 Å². The van der Waals surface area contributed by atoms with Gasteiger partial charge >= 0.3 is 0 Å². The summed E-state index contributed by atoms with van der Waals surface area (Å²) in [6.07, 6.45) is 4.51. The zero-order valence-electron chi connectivity index (χ0n) is 11.4. The summed E-state index contributed by atoms with van der Waals surface area (Å²) in [5.41, 5.74) is 3.44. The lowest BCUT2D eigenvalue weighted by Crippen LogP contribution is -2.17. The Labute approximate surface area is 110 Å². The summed E-state index contributed by atoms with van der Waals surface area (Å²) in [6, 6.07) is 8.04. The molecule has 18 heavy (non-hydrogen) atoms. The fourth-order valence-electron chi connectivity index (χ4n) is 1.94. The third-order valence-electron chi connectivity index (χ3n) is 3.07. The van der Waals surface area contributed by atoms with Crippen LogP contribution in [0, 0.1) is 12.3 Å². The van der Waals surface area contributed by atoms with Crippen molar-refractivity contribution in [3.8, 4) is 0 Å². The van der Waals surface area contributed by atoms with Crippen LogP contribution in [0.5, 0.6) is 0 Å². The van der Waals surface area contributed by atoms with Gasteiger partial charge in [0.2, 0.25) is 0 Å². The number of rotatable bonds is 5. The third-order valence-corrected chi connectivity index (χ3v) is 3.07. The quantitative estimate of drug-likeness (QED) is 0.552. The van der Waals surface area contributed by atoms with Crippen molar-refractivity contribution >= 4 is 11.9 Å². The van der Waals surface area contributed by atoms with Crippen molar-refractivity contribution in [1.82, 2.24) is 0 Å². The lowest BCUT2D eigenvalue weighted by molar-refractivity contribution is -0.113. The number of aryl methyl sites for hydroxylation is 1. The summed E-state index contributed by atoms with van der Waals surface area (Å²) < 4.78 is 0. The Morgan fingerprint density at radius 2 is 1.89 bits per heavy atom. The highest BCUT2D eigenvalue weighted by Crippen LogP contribution is 2.35. The highest BCUT2D eigenvalue weighted by atomic mass is 16.1. The van der Waals surface area contributed by atoms with Crippen LogP contribution in [-0.2, 0) is 4.79 Å². The van der Waals surface area contributed by atoms with Gasteiger partial charge in [-0.2, -0.15) is 0 Å². The van der Waals surface area contributed by atoms with E-state index >= 15 is 0 Å². The molecule has 0 saturated heterocycles. The second-order valence-electron chi connectivity index (χ2n) is 4.95. The van der Waals surface area contributed by atoms with Gasteiger partial charge in [-0.25, -0.2) is 0 Å². The standard InChI is InChI=1S/C17H20O/c1-6-9-16(17(4,5)12-18)14(3)15-11-8-7-10-13(15)2/h6-12H,1,3H2,2,4-5H3/b16-9+. The van der Waals surface area contributed by atoms with E-state index in [-0.39, 0.29) is 0 Å². The van der Waals surface area contributed by atoms with Crippen LogP contribution in [0.25, 0.3) is 5.57 Å². The predicted molar refractivity (Wildman–Crippen MR) is 78.3 cm³/mol. The minimum Gasteiger partial charge on any atom is -0.302 e. The topological polar surface area (TPSA) is 17.1 Å². The summed E-state index contributed by atoms with van der Waals surface area (Å²) in [7, 11) is 0. The van der Waals surface area contributed by atoms with Gasteiger partial charge in [0.05, 0.1) is 0 Å². The molecule has 1 rings (SSSR count). The lowest BCUT2D eigenvalue weighted by atomic mass is 9.78. The van der Waals surface area contributed by atoms with E-state index in [9.17, 15) is 4.79 Å². The van der Waals surface area contributed by atoms with Gasteiger partial charge in [0.15, 0.2) is 0 Å². The Morgan fingerprint density at radius 3 is 2.39 bits per heavy atom. The minimum absolute atomic E-state index is 0.562. The average Bonchev–Trinajstić information content (AvgIpc) is 2.35.